The minimum atomic E-state index is -0.0330. The molecule has 1 aliphatic rings. The second-order valence-electron chi connectivity index (χ2n) is 6.50. The molecule has 1 aliphatic heterocycles. The summed E-state index contributed by atoms with van der Waals surface area (Å²) in [6.07, 6.45) is 3.83. The molecule has 1 fully saturated rings. The monoisotopic (exact) mass is 340 g/mol. The summed E-state index contributed by atoms with van der Waals surface area (Å²) >= 11 is 0. The van der Waals surface area contributed by atoms with Crippen molar-refractivity contribution in [2.24, 2.45) is 5.73 Å². The molecule has 7 heteroatoms. The van der Waals surface area contributed by atoms with Crippen molar-refractivity contribution in [3.05, 3.63) is 42.1 Å². The van der Waals surface area contributed by atoms with Gasteiger partial charge in [0.15, 0.2) is 0 Å². The highest BCUT2D eigenvalue weighted by Crippen LogP contribution is 2.20. The molecular weight excluding hydrogens is 316 g/mol. The fourth-order valence-electron chi connectivity index (χ4n) is 2.90. The fraction of sp³-hybridized carbons (Fsp3) is 0.389. The number of anilines is 3. The van der Waals surface area contributed by atoms with Crippen LogP contribution in [0, 0.1) is 0 Å². The van der Waals surface area contributed by atoms with Crippen LogP contribution >= 0.6 is 0 Å². The summed E-state index contributed by atoms with van der Waals surface area (Å²) in [6, 6.07) is 9.36. The van der Waals surface area contributed by atoms with Crippen molar-refractivity contribution in [3.8, 4) is 0 Å². The second kappa shape index (κ2) is 7.48. The molecule has 3 rings (SSSR count). The van der Waals surface area contributed by atoms with Crippen LogP contribution in [0.2, 0.25) is 0 Å². The second-order valence-corrected chi connectivity index (χ2v) is 6.50. The molecule has 0 saturated carbocycles. The molecule has 0 bridgehead atoms. The van der Waals surface area contributed by atoms with Crippen molar-refractivity contribution in [3.63, 3.8) is 0 Å². The number of piperidine rings is 1. The van der Waals surface area contributed by atoms with Crippen LogP contribution in [-0.4, -0.2) is 54.0 Å². The van der Waals surface area contributed by atoms with Gasteiger partial charge in [0.2, 0.25) is 5.95 Å². The largest absolute Gasteiger partial charge is 0.345 e. The van der Waals surface area contributed by atoms with E-state index in [1.54, 1.807) is 31.3 Å². The summed E-state index contributed by atoms with van der Waals surface area (Å²) in [7, 11) is 3.48. The lowest BCUT2D eigenvalue weighted by molar-refractivity contribution is 0.0827. The van der Waals surface area contributed by atoms with Crippen LogP contribution in [0.5, 0.6) is 0 Å². The van der Waals surface area contributed by atoms with Crippen molar-refractivity contribution < 1.29 is 4.79 Å². The first-order chi connectivity index (χ1) is 12.0. The van der Waals surface area contributed by atoms with Gasteiger partial charge in [-0.3, -0.25) is 4.79 Å². The number of carbonyl (C=O) groups excluding carboxylic acids is 1. The molecule has 2 heterocycles. The number of hydrogen-bond acceptors (Lipinski definition) is 6. The lowest BCUT2D eigenvalue weighted by atomic mass is 10.1. The summed E-state index contributed by atoms with van der Waals surface area (Å²) in [6.45, 7) is 1.69. The summed E-state index contributed by atoms with van der Waals surface area (Å²) in [4.78, 5) is 24.7. The van der Waals surface area contributed by atoms with Gasteiger partial charge in [0.25, 0.3) is 5.91 Å². The van der Waals surface area contributed by atoms with Gasteiger partial charge < -0.3 is 20.9 Å². The molecule has 1 aromatic carbocycles. The number of hydrogen-bond donors (Lipinski definition) is 2. The van der Waals surface area contributed by atoms with Gasteiger partial charge in [-0.05, 0) is 37.1 Å². The number of nitrogens with one attached hydrogen (secondary N) is 1. The number of rotatable bonds is 4. The Hall–Kier alpha value is -2.67. The van der Waals surface area contributed by atoms with Crippen molar-refractivity contribution >= 4 is 23.4 Å². The van der Waals surface area contributed by atoms with Gasteiger partial charge in [-0.1, -0.05) is 6.07 Å². The third-order valence-electron chi connectivity index (χ3n) is 4.17. The maximum absolute atomic E-state index is 12.1. The maximum Gasteiger partial charge on any atom is 0.253 e. The molecule has 3 N–H and O–H groups in total. The third kappa shape index (κ3) is 4.24. The molecule has 25 heavy (non-hydrogen) atoms. The lowest BCUT2D eigenvalue weighted by Gasteiger charge is -2.30. The zero-order valence-corrected chi connectivity index (χ0v) is 14.6. The van der Waals surface area contributed by atoms with Crippen LogP contribution in [0.3, 0.4) is 0 Å². The van der Waals surface area contributed by atoms with Crippen molar-refractivity contribution in [2.75, 3.05) is 37.4 Å². The summed E-state index contributed by atoms with van der Waals surface area (Å²) in [5.74, 6) is 1.34. The normalized spacial score (nSPS) is 17.2. The summed E-state index contributed by atoms with van der Waals surface area (Å²) in [5.41, 5.74) is 7.49. The molecule has 0 spiro atoms. The van der Waals surface area contributed by atoms with Crippen molar-refractivity contribution in [1.29, 1.82) is 0 Å². The molecule has 1 amide bonds. The first-order valence-electron chi connectivity index (χ1n) is 8.45. The van der Waals surface area contributed by atoms with E-state index in [1.165, 1.54) is 0 Å². The Morgan fingerprint density at radius 1 is 1.36 bits per heavy atom. The Labute approximate surface area is 147 Å². The highest BCUT2D eigenvalue weighted by molar-refractivity contribution is 5.94. The molecule has 1 unspecified atom stereocenters. The standard InChI is InChI=1S/C18H24N6O/c1-23(2)17(25)13-5-3-7-15(11-13)21-16-8-9-20-18(22-16)24-10-4-6-14(19)12-24/h3,5,7-9,11,14H,4,6,10,12,19H2,1-2H3,(H,20,21,22). The number of nitrogens with two attached hydrogens (primary N) is 1. The van der Waals surface area contributed by atoms with Crippen LogP contribution in [-0.2, 0) is 0 Å². The summed E-state index contributed by atoms with van der Waals surface area (Å²) in [5, 5.41) is 3.25. The zero-order valence-electron chi connectivity index (χ0n) is 14.6. The van der Waals surface area contributed by atoms with E-state index in [2.05, 4.69) is 20.2 Å². The Balaban J connectivity index is 1.76. The SMILES string of the molecule is CN(C)C(=O)c1cccc(Nc2ccnc(N3CCCC(N)C3)n2)c1. The molecular formula is C18H24N6O. The van der Waals surface area contributed by atoms with E-state index in [4.69, 9.17) is 5.73 Å². The molecule has 1 saturated heterocycles. The fourth-order valence-corrected chi connectivity index (χ4v) is 2.90. The van der Waals surface area contributed by atoms with Crippen molar-refractivity contribution in [1.82, 2.24) is 14.9 Å². The number of benzene rings is 1. The van der Waals surface area contributed by atoms with Gasteiger partial charge in [-0.15, -0.1) is 0 Å². The molecule has 7 nitrogen and oxygen atoms in total. The topological polar surface area (TPSA) is 87.4 Å². The average molecular weight is 340 g/mol. The number of nitrogens with zero attached hydrogens (tertiary/aromatic N) is 4. The third-order valence-corrected chi connectivity index (χ3v) is 4.17. The van der Waals surface area contributed by atoms with E-state index in [9.17, 15) is 4.79 Å². The van der Waals surface area contributed by atoms with Crippen LogP contribution in [0.4, 0.5) is 17.5 Å². The number of amides is 1. The number of aromatic nitrogens is 2. The Bertz CT molecular complexity index is 748. The first-order valence-corrected chi connectivity index (χ1v) is 8.45. The molecule has 0 radical (unpaired) electrons. The van der Waals surface area contributed by atoms with E-state index in [1.807, 2.05) is 24.3 Å². The minimum absolute atomic E-state index is 0.0330. The zero-order chi connectivity index (χ0) is 17.8. The van der Waals surface area contributed by atoms with Crippen LogP contribution in [0.1, 0.15) is 23.2 Å². The molecule has 1 aromatic heterocycles. The van der Waals surface area contributed by atoms with Crippen molar-refractivity contribution in [2.45, 2.75) is 18.9 Å². The molecule has 0 aliphatic carbocycles. The van der Waals surface area contributed by atoms with Crippen LogP contribution in [0.15, 0.2) is 36.5 Å². The number of carbonyl (C=O) groups is 1. The highest BCUT2D eigenvalue weighted by Gasteiger charge is 2.19. The maximum atomic E-state index is 12.1. The van der Waals surface area contributed by atoms with Crippen LogP contribution in [0.25, 0.3) is 0 Å². The predicted molar refractivity (Wildman–Crippen MR) is 99.2 cm³/mol. The Morgan fingerprint density at radius 2 is 2.20 bits per heavy atom. The van der Waals surface area contributed by atoms with Gasteiger partial charge in [0.05, 0.1) is 0 Å². The lowest BCUT2D eigenvalue weighted by Crippen LogP contribution is -2.43. The highest BCUT2D eigenvalue weighted by atomic mass is 16.2. The average Bonchev–Trinajstić information content (AvgIpc) is 2.61. The first kappa shape index (κ1) is 17.2. The molecule has 1 atom stereocenters. The predicted octanol–water partition coefficient (Wildman–Crippen LogP) is 1.85. The summed E-state index contributed by atoms with van der Waals surface area (Å²) < 4.78 is 0. The van der Waals surface area contributed by atoms with E-state index < -0.39 is 0 Å². The molecule has 132 valence electrons. The Morgan fingerprint density at radius 3 is 2.96 bits per heavy atom. The Kier molecular flexibility index (Phi) is 5.14. The van der Waals surface area contributed by atoms with Gasteiger partial charge >= 0.3 is 0 Å². The van der Waals surface area contributed by atoms with E-state index in [0.717, 1.165) is 31.6 Å². The van der Waals surface area contributed by atoms with Gasteiger partial charge in [-0.25, -0.2) is 4.98 Å². The molecule has 2 aromatic rings. The van der Waals surface area contributed by atoms with Gasteiger partial charge in [0.1, 0.15) is 5.82 Å². The minimum Gasteiger partial charge on any atom is -0.345 e. The van der Waals surface area contributed by atoms with Crippen LogP contribution < -0.4 is 16.0 Å². The quantitative estimate of drug-likeness (QED) is 0.883. The van der Waals surface area contributed by atoms with E-state index in [0.29, 0.717) is 17.3 Å². The smallest absolute Gasteiger partial charge is 0.253 e. The van der Waals surface area contributed by atoms with E-state index in [-0.39, 0.29) is 11.9 Å². The van der Waals surface area contributed by atoms with Gasteiger partial charge in [-0.2, -0.15) is 4.98 Å². The van der Waals surface area contributed by atoms with Gasteiger partial charge in [0, 0.05) is 50.7 Å². The van der Waals surface area contributed by atoms with E-state index >= 15 is 0 Å².